The fraction of sp³-hybridized carbons (Fsp3) is 0.467. The summed E-state index contributed by atoms with van der Waals surface area (Å²) in [5.41, 5.74) is 6.55. The molecule has 0 radical (unpaired) electrons. The summed E-state index contributed by atoms with van der Waals surface area (Å²) in [6, 6.07) is 7.06. The summed E-state index contributed by atoms with van der Waals surface area (Å²) in [5, 5.41) is 2.76. The molecule has 1 saturated heterocycles. The summed E-state index contributed by atoms with van der Waals surface area (Å²) in [4.78, 5) is 25.5. The highest BCUT2D eigenvalue weighted by atomic mass is 16.5. The summed E-state index contributed by atoms with van der Waals surface area (Å²) >= 11 is 0. The van der Waals surface area contributed by atoms with Gasteiger partial charge in [-0.15, -0.1) is 0 Å². The van der Waals surface area contributed by atoms with Crippen LogP contribution in [0.5, 0.6) is 5.75 Å². The monoisotopic (exact) mass is 291 g/mol. The molecule has 3 N–H and O–H groups in total. The quantitative estimate of drug-likeness (QED) is 0.860. The van der Waals surface area contributed by atoms with Crippen LogP contribution in [0, 0.1) is 5.92 Å². The van der Waals surface area contributed by atoms with Crippen LogP contribution in [0.3, 0.4) is 0 Å². The number of rotatable bonds is 4. The Kier molecular flexibility index (Phi) is 4.80. The zero-order valence-corrected chi connectivity index (χ0v) is 12.3. The predicted octanol–water partition coefficient (Wildman–Crippen LogP) is 0.829. The van der Waals surface area contributed by atoms with Crippen LogP contribution in [-0.2, 0) is 9.59 Å². The van der Waals surface area contributed by atoms with Crippen LogP contribution in [0.25, 0.3) is 0 Å². The molecule has 0 aliphatic carbocycles. The van der Waals surface area contributed by atoms with Gasteiger partial charge in [0.05, 0.1) is 19.3 Å². The molecular weight excluding hydrogens is 270 g/mol. The van der Waals surface area contributed by atoms with Crippen LogP contribution in [0.4, 0.5) is 5.69 Å². The number of piperidine rings is 1. The van der Waals surface area contributed by atoms with E-state index in [1.807, 2.05) is 19.1 Å². The zero-order valence-electron chi connectivity index (χ0n) is 12.3. The number of methoxy groups -OCH3 is 1. The number of nitrogens with zero attached hydrogens (tertiary/aromatic N) is 1. The van der Waals surface area contributed by atoms with Crippen molar-refractivity contribution in [1.29, 1.82) is 0 Å². The van der Waals surface area contributed by atoms with Gasteiger partial charge in [-0.25, -0.2) is 0 Å². The van der Waals surface area contributed by atoms with Gasteiger partial charge in [0.25, 0.3) is 0 Å². The van der Waals surface area contributed by atoms with Crippen molar-refractivity contribution in [2.24, 2.45) is 11.7 Å². The molecule has 21 heavy (non-hydrogen) atoms. The topological polar surface area (TPSA) is 84.7 Å². The van der Waals surface area contributed by atoms with Gasteiger partial charge in [0.2, 0.25) is 11.8 Å². The van der Waals surface area contributed by atoms with Crippen molar-refractivity contribution in [3.05, 3.63) is 24.3 Å². The Morgan fingerprint density at radius 3 is 2.90 bits per heavy atom. The highest BCUT2D eigenvalue weighted by molar-refractivity contribution is 5.95. The predicted molar refractivity (Wildman–Crippen MR) is 80.0 cm³/mol. The second kappa shape index (κ2) is 6.58. The van der Waals surface area contributed by atoms with Crippen LogP contribution in [0.2, 0.25) is 0 Å². The van der Waals surface area contributed by atoms with E-state index in [-0.39, 0.29) is 30.3 Å². The summed E-state index contributed by atoms with van der Waals surface area (Å²) in [6.45, 7) is 2.38. The lowest BCUT2D eigenvalue weighted by Gasteiger charge is -2.34. The van der Waals surface area contributed by atoms with Crippen LogP contribution >= 0.6 is 0 Å². The number of amides is 2. The van der Waals surface area contributed by atoms with E-state index in [4.69, 9.17) is 10.5 Å². The van der Waals surface area contributed by atoms with Crippen molar-refractivity contribution in [2.75, 3.05) is 25.5 Å². The molecule has 0 spiro atoms. The van der Waals surface area contributed by atoms with E-state index < -0.39 is 0 Å². The van der Waals surface area contributed by atoms with E-state index in [1.54, 1.807) is 19.2 Å². The molecule has 1 aromatic rings. The van der Waals surface area contributed by atoms with Gasteiger partial charge in [0, 0.05) is 19.0 Å². The lowest BCUT2D eigenvalue weighted by Crippen LogP contribution is -2.52. The average molecular weight is 291 g/mol. The van der Waals surface area contributed by atoms with Crippen molar-refractivity contribution in [1.82, 2.24) is 4.90 Å². The first-order valence-corrected chi connectivity index (χ1v) is 6.97. The summed E-state index contributed by atoms with van der Waals surface area (Å²) in [5.74, 6) is 0.459. The van der Waals surface area contributed by atoms with E-state index in [0.29, 0.717) is 24.4 Å². The Hall–Kier alpha value is -2.08. The number of nitrogens with one attached hydrogen (secondary N) is 1. The van der Waals surface area contributed by atoms with Crippen LogP contribution < -0.4 is 15.8 Å². The molecule has 2 rings (SSSR count). The van der Waals surface area contributed by atoms with Gasteiger partial charge in [-0.1, -0.05) is 19.1 Å². The van der Waals surface area contributed by atoms with Gasteiger partial charge >= 0.3 is 0 Å². The molecular formula is C15H21N3O3. The molecule has 1 aromatic carbocycles. The van der Waals surface area contributed by atoms with Gasteiger partial charge in [0.15, 0.2) is 0 Å². The van der Waals surface area contributed by atoms with Gasteiger partial charge in [-0.3, -0.25) is 9.59 Å². The molecule has 2 unspecified atom stereocenters. The maximum absolute atomic E-state index is 12.1. The molecule has 1 fully saturated rings. The number of carbonyl (C=O) groups excluding carboxylic acids is 2. The second-order valence-corrected chi connectivity index (χ2v) is 5.37. The van der Waals surface area contributed by atoms with Gasteiger partial charge in [-0.05, 0) is 18.1 Å². The van der Waals surface area contributed by atoms with Crippen LogP contribution in [0.1, 0.15) is 13.3 Å². The highest BCUT2D eigenvalue weighted by Gasteiger charge is 2.30. The molecule has 0 aromatic heterocycles. The largest absolute Gasteiger partial charge is 0.495 e. The van der Waals surface area contributed by atoms with E-state index in [2.05, 4.69) is 5.32 Å². The van der Waals surface area contributed by atoms with Crippen molar-refractivity contribution in [2.45, 2.75) is 19.4 Å². The van der Waals surface area contributed by atoms with Crippen molar-refractivity contribution >= 4 is 17.5 Å². The number of para-hydroxylation sites is 2. The maximum atomic E-state index is 12.1. The Balaban J connectivity index is 1.97. The Morgan fingerprint density at radius 1 is 1.48 bits per heavy atom. The Bertz CT molecular complexity index is 533. The maximum Gasteiger partial charge on any atom is 0.244 e. The van der Waals surface area contributed by atoms with E-state index in [9.17, 15) is 9.59 Å². The third kappa shape index (κ3) is 3.72. The Morgan fingerprint density at radius 2 is 2.19 bits per heavy atom. The molecule has 1 heterocycles. The molecule has 0 bridgehead atoms. The minimum absolute atomic E-state index is 0.0112. The van der Waals surface area contributed by atoms with E-state index in [0.717, 1.165) is 0 Å². The zero-order chi connectivity index (χ0) is 15.4. The van der Waals surface area contributed by atoms with Crippen molar-refractivity contribution in [3.63, 3.8) is 0 Å². The van der Waals surface area contributed by atoms with E-state index >= 15 is 0 Å². The molecule has 0 saturated carbocycles. The van der Waals surface area contributed by atoms with Gasteiger partial charge in [0.1, 0.15) is 5.75 Å². The molecule has 1 aliphatic heterocycles. The smallest absolute Gasteiger partial charge is 0.244 e. The third-order valence-electron chi connectivity index (χ3n) is 3.73. The number of carbonyl (C=O) groups is 2. The Labute approximate surface area is 124 Å². The fourth-order valence-electron chi connectivity index (χ4n) is 2.36. The SMILES string of the molecule is COc1ccccc1NC(=O)CN1CC(N)C(C)CC1=O. The number of hydrogen-bond donors (Lipinski definition) is 2. The first-order chi connectivity index (χ1) is 10.0. The number of ether oxygens (including phenoxy) is 1. The minimum atomic E-state index is -0.255. The van der Waals surface area contributed by atoms with Crippen molar-refractivity contribution in [3.8, 4) is 5.75 Å². The normalized spacial score (nSPS) is 22.0. The average Bonchev–Trinajstić information content (AvgIpc) is 2.45. The van der Waals surface area contributed by atoms with Gasteiger partial charge in [-0.2, -0.15) is 0 Å². The summed E-state index contributed by atoms with van der Waals surface area (Å²) in [7, 11) is 1.54. The molecule has 6 heteroatoms. The number of hydrogen-bond acceptors (Lipinski definition) is 4. The number of likely N-dealkylation sites (tertiary alicyclic amines) is 1. The number of anilines is 1. The summed E-state index contributed by atoms with van der Waals surface area (Å²) in [6.07, 6.45) is 0.392. The molecule has 2 atom stereocenters. The highest BCUT2D eigenvalue weighted by Crippen LogP contribution is 2.23. The van der Waals surface area contributed by atoms with Crippen LogP contribution in [-0.4, -0.2) is 43.0 Å². The van der Waals surface area contributed by atoms with Crippen LogP contribution in [0.15, 0.2) is 24.3 Å². The molecule has 114 valence electrons. The minimum Gasteiger partial charge on any atom is -0.495 e. The summed E-state index contributed by atoms with van der Waals surface area (Å²) < 4.78 is 5.17. The molecule has 6 nitrogen and oxygen atoms in total. The van der Waals surface area contributed by atoms with E-state index in [1.165, 1.54) is 4.90 Å². The lowest BCUT2D eigenvalue weighted by molar-refractivity contribution is -0.138. The number of nitrogens with two attached hydrogens (primary N) is 1. The second-order valence-electron chi connectivity index (χ2n) is 5.37. The fourth-order valence-corrected chi connectivity index (χ4v) is 2.36. The molecule has 1 aliphatic rings. The lowest BCUT2D eigenvalue weighted by atomic mass is 9.94. The first-order valence-electron chi connectivity index (χ1n) is 6.97. The molecule has 2 amide bonds. The third-order valence-corrected chi connectivity index (χ3v) is 3.73. The standard InChI is InChI=1S/C15H21N3O3/c1-10-7-15(20)18(8-11(10)16)9-14(19)17-12-5-3-4-6-13(12)21-2/h3-6,10-11H,7-9,16H2,1-2H3,(H,17,19). The van der Waals surface area contributed by atoms with Crippen molar-refractivity contribution < 1.29 is 14.3 Å². The first kappa shape index (κ1) is 15.3. The van der Waals surface area contributed by atoms with Gasteiger partial charge < -0.3 is 20.7 Å². The number of benzene rings is 1.